The Bertz CT molecular complexity index is 535. The Morgan fingerprint density at radius 2 is 1.50 bits per heavy atom. The highest BCUT2D eigenvalue weighted by Crippen LogP contribution is 2.07. The Hall–Kier alpha value is -2.42. The zero-order valence-corrected chi connectivity index (χ0v) is 9.89. The molecule has 1 amide bonds. The Balaban J connectivity index is 1.94. The second-order valence-corrected chi connectivity index (χ2v) is 3.94. The summed E-state index contributed by atoms with van der Waals surface area (Å²) in [4.78, 5) is 11.7. The van der Waals surface area contributed by atoms with Crippen LogP contribution in [-0.4, -0.2) is 11.6 Å². The molecule has 2 aromatic carbocycles. The maximum atomic E-state index is 11.7. The number of benzene rings is 2. The molecule has 0 radical (unpaired) electrons. The van der Waals surface area contributed by atoms with Crippen molar-refractivity contribution >= 4 is 17.3 Å². The number of nitrogens with one attached hydrogen (secondary N) is 2. The fourth-order valence-corrected chi connectivity index (χ4v) is 1.63. The average molecular weight is 238 g/mol. The number of rotatable bonds is 4. The van der Waals surface area contributed by atoms with Crippen molar-refractivity contribution in [1.82, 2.24) is 0 Å². The molecule has 2 N–H and O–H groups in total. The van der Waals surface area contributed by atoms with E-state index in [0.717, 1.165) is 11.3 Å². The van der Waals surface area contributed by atoms with Gasteiger partial charge in [0, 0.05) is 11.4 Å². The summed E-state index contributed by atoms with van der Waals surface area (Å²) >= 11 is 0. The molecule has 2 rings (SSSR count). The Morgan fingerprint density at radius 3 is 2.11 bits per heavy atom. The molecule has 90 valence electrons. The van der Waals surface area contributed by atoms with Gasteiger partial charge in [0.25, 0.3) is 0 Å². The minimum atomic E-state index is -0.171. The second kappa shape index (κ2) is 5.77. The van der Waals surface area contributed by atoms with Gasteiger partial charge in [-0.05, 0) is 17.7 Å². The van der Waals surface area contributed by atoms with E-state index >= 15 is 0 Å². The van der Waals surface area contributed by atoms with E-state index in [4.69, 9.17) is 5.41 Å². The molecule has 0 saturated carbocycles. The van der Waals surface area contributed by atoms with Crippen LogP contribution < -0.4 is 5.32 Å². The first-order chi connectivity index (χ1) is 8.75. The van der Waals surface area contributed by atoms with Crippen LogP contribution in [0.5, 0.6) is 0 Å². The number of carbonyl (C=O) groups excluding carboxylic acids is 1. The van der Waals surface area contributed by atoms with E-state index in [0.29, 0.717) is 5.71 Å². The topological polar surface area (TPSA) is 53.0 Å². The highest BCUT2D eigenvalue weighted by Gasteiger charge is 2.07. The van der Waals surface area contributed by atoms with Crippen molar-refractivity contribution in [2.45, 2.75) is 6.42 Å². The summed E-state index contributed by atoms with van der Waals surface area (Å²) in [6.07, 6.45) is 0.0822. The van der Waals surface area contributed by atoms with E-state index in [1.54, 1.807) is 0 Å². The van der Waals surface area contributed by atoms with Gasteiger partial charge in [0.05, 0.1) is 6.42 Å². The molecule has 0 spiro atoms. The largest absolute Gasteiger partial charge is 0.326 e. The lowest BCUT2D eigenvalue weighted by molar-refractivity contribution is -0.115. The predicted molar refractivity (Wildman–Crippen MR) is 73.0 cm³/mol. The van der Waals surface area contributed by atoms with Gasteiger partial charge >= 0.3 is 0 Å². The van der Waals surface area contributed by atoms with Crippen LogP contribution in [0.1, 0.15) is 12.0 Å². The predicted octanol–water partition coefficient (Wildman–Crippen LogP) is 3.08. The number of carbonyl (C=O) groups is 1. The van der Waals surface area contributed by atoms with Crippen LogP contribution in [0.15, 0.2) is 60.7 Å². The molecule has 0 aromatic heterocycles. The van der Waals surface area contributed by atoms with Crippen LogP contribution in [0.2, 0.25) is 0 Å². The molecule has 2 aromatic rings. The lowest BCUT2D eigenvalue weighted by Gasteiger charge is -2.06. The fourth-order valence-electron chi connectivity index (χ4n) is 1.63. The van der Waals surface area contributed by atoms with Crippen LogP contribution in [0, 0.1) is 5.41 Å². The van der Waals surface area contributed by atoms with Gasteiger partial charge in [0.15, 0.2) is 0 Å². The van der Waals surface area contributed by atoms with Gasteiger partial charge < -0.3 is 10.7 Å². The molecule has 0 aliphatic carbocycles. The summed E-state index contributed by atoms with van der Waals surface area (Å²) in [6, 6.07) is 18.5. The summed E-state index contributed by atoms with van der Waals surface area (Å²) in [5.41, 5.74) is 1.85. The summed E-state index contributed by atoms with van der Waals surface area (Å²) in [5, 5.41) is 10.6. The molecule has 0 atom stereocenters. The summed E-state index contributed by atoms with van der Waals surface area (Å²) < 4.78 is 0. The minimum absolute atomic E-state index is 0.0822. The molecule has 0 saturated heterocycles. The Labute approximate surface area is 106 Å². The van der Waals surface area contributed by atoms with Crippen molar-refractivity contribution in [3.8, 4) is 0 Å². The van der Waals surface area contributed by atoms with E-state index in [1.807, 2.05) is 60.7 Å². The van der Waals surface area contributed by atoms with E-state index in [2.05, 4.69) is 5.32 Å². The summed E-state index contributed by atoms with van der Waals surface area (Å²) in [5.74, 6) is -0.171. The fraction of sp³-hybridized carbons (Fsp3) is 0.0667. The maximum Gasteiger partial charge on any atom is 0.230 e. The van der Waals surface area contributed by atoms with Crippen molar-refractivity contribution in [2.24, 2.45) is 0 Å². The first-order valence-electron chi connectivity index (χ1n) is 5.73. The van der Waals surface area contributed by atoms with Crippen molar-refractivity contribution in [3.63, 3.8) is 0 Å². The van der Waals surface area contributed by atoms with Crippen molar-refractivity contribution in [3.05, 3.63) is 66.2 Å². The van der Waals surface area contributed by atoms with E-state index < -0.39 is 0 Å². The minimum Gasteiger partial charge on any atom is -0.326 e. The molecule has 0 bridgehead atoms. The molecule has 18 heavy (non-hydrogen) atoms. The number of hydrogen-bond donors (Lipinski definition) is 2. The van der Waals surface area contributed by atoms with E-state index in [9.17, 15) is 4.79 Å². The molecule has 0 fully saturated rings. The van der Waals surface area contributed by atoms with E-state index in [-0.39, 0.29) is 12.3 Å². The lowest BCUT2D eigenvalue weighted by atomic mass is 10.1. The number of hydrogen-bond acceptors (Lipinski definition) is 2. The zero-order chi connectivity index (χ0) is 12.8. The van der Waals surface area contributed by atoms with E-state index in [1.165, 1.54) is 0 Å². The Morgan fingerprint density at radius 1 is 0.944 bits per heavy atom. The SMILES string of the molecule is N=C(CC(=O)Nc1ccccc1)c1ccccc1. The van der Waals surface area contributed by atoms with Crippen molar-refractivity contribution in [1.29, 1.82) is 5.41 Å². The standard InChI is InChI=1S/C15H14N2O/c16-14(12-7-3-1-4-8-12)11-15(18)17-13-9-5-2-6-10-13/h1-10,16H,11H2,(H,17,18). The van der Waals surface area contributed by atoms with Crippen LogP contribution in [0.4, 0.5) is 5.69 Å². The van der Waals surface area contributed by atoms with Gasteiger partial charge in [-0.15, -0.1) is 0 Å². The van der Waals surface area contributed by atoms with Crippen molar-refractivity contribution in [2.75, 3.05) is 5.32 Å². The lowest BCUT2D eigenvalue weighted by Crippen LogP contribution is -2.16. The number of amides is 1. The van der Waals surface area contributed by atoms with Gasteiger partial charge in [-0.25, -0.2) is 0 Å². The van der Waals surface area contributed by atoms with Gasteiger partial charge in [0.1, 0.15) is 0 Å². The first-order valence-corrected chi connectivity index (χ1v) is 5.73. The van der Waals surface area contributed by atoms with Gasteiger partial charge in [-0.1, -0.05) is 48.5 Å². The average Bonchev–Trinajstić information content (AvgIpc) is 2.40. The number of para-hydroxylation sites is 1. The van der Waals surface area contributed by atoms with Crippen LogP contribution in [0.25, 0.3) is 0 Å². The third-order valence-corrected chi connectivity index (χ3v) is 2.52. The third-order valence-electron chi connectivity index (χ3n) is 2.52. The first kappa shape index (κ1) is 12.0. The quantitative estimate of drug-likeness (QED) is 0.790. The Kier molecular flexibility index (Phi) is 3.86. The molecule has 3 heteroatoms. The normalized spacial score (nSPS) is 9.78. The van der Waals surface area contributed by atoms with Crippen LogP contribution >= 0.6 is 0 Å². The molecule has 3 nitrogen and oxygen atoms in total. The summed E-state index contributed by atoms with van der Waals surface area (Å²) in [6.45, 7) is 0. The highest BCUT2D eigenvalue weighted by atomic mass is 16.1. The van der Waals surface area contributed by atoms with Crippen LogP contribution in [0.3, 0.4) is 0 Å². The zero-order valence-electron chi connectivity index (χ0n) is 9.89. The molecule has 0 unspecified atom stereocenters. The van der Waals surface area contributed by atoms with Crippen molar-refractivity contribution < 1.29 is 4.79 Å². The highest BCUT2D eigenvalue weighted by molar-refractivity contribution is 6.12. The van der Waals surface area contributed by atoms with Gasteiger partial charge in [0.2, 0.25) is 5.91 Å². The summed E-state index contributed by atoms with van der Waals surface area (Å²) in [7, 11) is 0. The third kappa shape index (κ3) is 3.28. The van der Waals surface area contributed by atoms with Crippen LogP contribution in [-0.2, 0) is 4.79 Å². The van der Waals surface area contributed by atoms with Gasteiger partial charge in [-0.3, -0.25) is 4.79 Å². The molecule has 0 aliphatic rings. The second-order valence-electron chi connectivity index (χ2n) is 3.94. The molecular formula is C15H14N2O. The number of anilines is 1. The monoisotopic (exact) mass is 238 g/mol. The molecule has 0 heterocycles. The maximum absolute atomic E-state index is 11.7. The molecule has 0 aliphatic heterocycles. The van der Waals surface area contributed by atoms with Gasteiger partial charge in [-0.2, -0.15) is 0 Å². The molecular weight excluding hydrogens is 224 g/mol. The smallest absolute Gasteiger partial charge is 0.230 e.